The van der Waals surface area contributed by atoms with Crippen LogP contribution in [0.1, 0.15) is 41.7 Å². The zero-order chi connectivity index (χ0) is 20.1. The van der Waals surface area contributed by atoms with Crippen molar-refractivity contribution < 1.29 is 14.3 Å². The number of likely N-dealkylation sites (tertiary alicyclic amines) is 1. The molecule has 1 aliphatic rings. The average molecular weight is 404 g/mol. The third-order valence-corrected chi connectivity index (χ3v) is 5.44. The maximum absolute atomic E-state index is 12.7. The normalized spacial score (nSPS) is 16.7. The topological polar surface area (TPSA) is 74.4 Å². The summed E-state index contributed by atoms with van der Waals surface area (Å²) in [4.78, 5) is 30.1. The molecule has 1 aromatic heterocycles. The molecule has 0 saturated carbocycles. The Bertz CT molecular complexity index is 849. The van der Waals surface area contributed by atoms with E-state index in [1.165, 1.54) is 0 Å². The molecule has 7 heteroatoms. The number of nitrogens with zero attached hydrogens (tertiary/aromatic N) is 1. The van der Waals surface area contributed by atoms with Crippen LogP contribution < -0.4 is 10.1 Å². The van der Waals surface area contributed by atoms with Gasteiger partial charge in [-0.15, -0.1) is 0 Å². The monoisotopic (exact) mass is 403 g/mol. The number of amides is 2. The van der Waals surface area contributed by atoms with E-state index in [1.54, 1.807) is 31.5 Å². The zero-order valence-electron chi connectivity index (χ0n) is 16.3. The number of aromatic nitrogens is 1. The molecule has 2 amide bonds. The number of piperidine rings is 1. The van der Waals surface area contributed by atoms with E-state index in [0.29, 0.717) is 35.3 Å². The fraction of sp³-hybridized carbons (Fsp3) is 0.429. The minimum Gasteiger partial charge on any atom is -0.495 e. The van der Waals surface area contributed by atoms with Crippen molar-refractivity contribution in [2.45, 2.75) is 32.6 Å². The molecule has 0 aliphatic carbocycles. The largest absolute Gasteiger partial charge is 0.495 e. The van der Waals surface area contributed by atoms with Crippen LogP contribution in [0.5, 0.6) is 5.75 Å². The number of ether oxygens (including phenoxy) is 1. The Morgan fingerprint density at radius 2 is 2.18 bits per heavy atom. The summed E-state index contributed by atoms with van der Waals surface area (Å²) in [7, 11) is 1.55. The van der Waals surface area contributed by atoms with Gasteiger partial charge < -0.3 is 19.9 Å². The highest BCUT2D eigenvalue weighted by molar-refractivity contribution is 6.31. The summed E-state index contributed by atoms with van der Waals surface area (Å²) in [6, 6.07) is 6.95. The standard InChI is InChI=1S/C21H26ClN3O3/c1-14-17(9-10-23-14)21(27)25-11-3-4-15(13-25)5-8-20(26)24-18-12-16(22)6-7-19(18)28-2/h6-7,9-10,12,15,23H,3-5,8,11,13H2,1-2H3,(H,24,26)/t15-/m1/s1. The highest BCUT2D eigenvalue weighted by atomic mass is 35.5. The van der Waals surface area contributed by atoms with Crippen LogP contribution in [0.4, 0.5) is 5.69 Å². The minimum absolute atomic E-state index is 0.0663. The van der Waals surface area contributed by atoms with Gasteiger partial charge in [-0.2, -0.15) is 0 Å². The van der Waals surface area contributed by atoms with Gasteiger partial charge in [0, 0.05) is 36.4 Å². The molecule has 1 atom stereocenters. The summed E-state index contributed by atoms with van der Waals surface area (Å²) in [5, 5.41) is 3.41. The molecule has 0 unspecified atom stereocenters. The first kappa shape index (κ1) is 20.3. The molecule has 0 radical (unpaired) electrons. The summed E-state index contributed by atoms with van der Waals surface area (Å²) >= 11 is 6.01. The predicted molar refractivity (Wildman–Crippen MR) is 110 cm³/mol. The lowest BCUT2D eigenvalue weighted by atomic mass is 9.92. The van der Waals surface area contributed by atoms with Crippen molar-refractivity contribution in [2.75, 3.05) is 25.5 Å². The fourth-order valence-electron chi connectivity index (χ4n) is 3.67. The second-order valence-electron chi connectivity index (χ2n) is 7.21. The van der Waals surface area contributed by atoms with Gasteiger partial charge >= 0.3 is 0 Å². The zero-order valence-corrected chi connectivity index (χ0v) is 17.0. The van der Waals surface area contributed by atoms with Crippen LogP contribution >= 0.6 is 11.6 Å². The number of anilines is 1. The average Bonchev–Trinajstić information content (AvgIpc) is 3.12. The van der Waals surface area contributed by atoms with E-state index in [9.17, 15) is 9.59 Å². The van der Waals surface area contributed by atoms with E-state index in [4.69, 9.17) is 16.3 Å². The highest BCUT2D eigenvalue weighted by Crippen LogP contribution is 2.28. The smallest absolute Gasteiger partial charge is 0.255 e. The summed E-state index contributed by atoms with van der Waals surface area (Å²) in [6.45, 7) is 3.37. The van der Waals surface area contributed by atoms with Crippen molar-refractivity contribution in [1.82, 2.24) is 9.88 Å². The van der Waals surface area contributed by atoms with E-state index in [2.05, 4.69) is 10.3 Å². The van der Waals surface area contributed by atoms with Crippen LogP contribution in [0.25, 0.3) is 0 Å². The van der Waals surface area contributed by atoms with Crippen LogP contribution in [-0.2, 0) is 4.79 Å². The van der Waals surface area contributed by atoms with E-state index in [0.717, 1.165) is 37.1 Å². The number of hydrogen-bond donors (Lipinski definition) is 2. The second-order valence-corrected chi connectivity index (χ2v) is 7.64. The Morgan fingerprint density at radius 1 is 1.36 bits per heavy atom. The molecule has 150 valence electrons. The van der Waals surface area contributed by atoms with Crippen LogP contribution in [0, 0.1) is 12.8 Å². The van der Waals surface area contributed by atoms with Gasteiger partial charge in [0.15, 0.2) is 0 Å². The summed E-state index contributed by atoms with van der Waals surface area (Å²) in [6.07, 6.45) is 4.92. The molecule has 6 nitrogen and oxygen atoms in total. The van der Waals surface area contributed by atoms with Gasteiger partial charge in [0.2, 0.25) is 5.91 Å². The molecule has 1 aromatic carbocycles. The van der Waals surface area contributed by atoms with Crippen molar-refractivity contribution in [3.8, 4) is 5.75 Å². The third-order valence-electron chi connectivity index (χ3n) is 5.21. The van der Waals surface area contributed by atoms with Crippen molar-refractivity contribution in [3.05, 3.63) is 46.7 Å². The molecule has 28 heavy (non-hydrogen) atoms. The predicted octanol–water partition coefficient (Wildman–Crippen LogP) is 4.26. The number of H-pyrrole nitrogens is 1. The molecule has 3 rings (SSSR count). The first-order chi connectivity index (χ1) is 13.5. The molecular weight excluding hydrogens is 378 g/mol. The molecule has 2 aromatic rings. The van der Waals surface area contributed by atoms with Gasteiger partial charge in [-0.05, 0) is 56.4 Å². The highest BCUT2D eigenvalue weighted by Gasteiger charge is 2.26. The number of carbonyl (C=O) groups is 2. The lowest BCUT2D eigenvalue weighted by molar-refractivity contribution is -0.116. The van der Waals surface area contributed by atoms with Gasteiger partial charge in [-0.1, -0.05) is 11.6 Å². The Hall–Kier alpha value is -2.47. The van der Waals surface area contributed by atoms with Crippen LogP contribution in [-0.4, -0.2) is 41.9 Å². The molecule has 0 spiro atoms. The number of hydrogen-bond acceptors (Lipinski definition) is 3. The van der Waals surface area contributed by atoms with Crippen molar-refractivity contribution in [1.29, 1.82) is 0 Å². The number of rotatable bonds is 6. The number of aromatic amines is 1. The maximum Gasteiger partial charge on any atom is 0.255 e. The molecule has 1 saturated heterocycles. The number of aryl methyl sites for hydroxylation is 1. The van der Waals surface area contributed by atoms with Gasteiger partial charge in [-0.3, -0.25) is 9.59 Å². The van der Waals surface area contributed by atoms with Gasteiger partial charge in [0.05, 0.1) is 18.4 Å². The molecule has 0 bridgehead atoms. The Labute approximate surface area is 170 Å². The van der Waals surface area contributed by atoms with Gasteiger partial charge in [0.25, 0.3) is 5.91 Å². The van der Waals surface area contributed by atoms with Crippen LogP contribution in [0.3, 0.4) is 0 Å². The molecule has 1 aliphatic heterocycles. The van der Waals surface area contributed by atoms with Crippen LogP contribution in [0.2, 0.25) is 5.02 Å². The second kappa shape index (κ2) is 9.15. The van der Waals surface area contributed by atoms with Crippen molar-refractivity contribution >= 4 is 29.1 Å². The summed E-state index contributed by atoms with van der Waals surface area (Å²) in [5.74, 6) is 0.889. The Balaban J connectivity index is 1.53. The number of carbonyl (C=O) groups excluding carboxylic acids is 2. The van der Waals surface area contributed by atoms with E-state index in [1.807, 2.05) is 17.9 Å². The summed E-state index contributed by atoms with van der Waals surface area (Å²) in [5.41, 5.74) is 2.19. The summed E-state index contributed by atoms with van der Waals surface area (Å²) < 4.78 is 5.26. The molecular formula is C21H26ClN3O3. The van der Waals surface area contributed by atoms with E-state index >= 15 is 0 Å². The Morgan fingerprint density at radius 3 is 2.89 bits per heavy atom. The third kappa shape index (κ3) is 4.87. The number of halogens is 1. The fourth-order valence-corrected chi connectivity index (χ4v) is 3.84. The lowest BCUT2D eigenvalue weighted by Gasteiger charge is -2.32. The SMILES string of the molecule is COc1ccc(Cl)cc1NC(=O)CC[C@H]1CCCN(C(=O)c2cc[nH]c2C)C1. The first-order valence-corrected chi connectivity index (χ1v) is 9.92. The van der Waals surface area contributed by atoms with Crippen LogP contribution in [0.15, 0.2) is 30.5 Å². The first-order valence-electron chi connectivity index (χ1n) is 9.54. The Kier molecular flexibility index (Phi) is 6.62. The molecule has 2 heterocycles. The maximum atomic E-state index is 12.7. The van der Waals surface area contributed by atoms with Crippen molar-refractivity contribution in [3.63, 3.8) is 0 Å². The number of nitrogens with one attached hydrogen (secondary N) is 2. The molecule has 2 N–H and O–H groups in total. The van der Waals surface area contributed by atoms with Gasteiger partial charge in [0.1, 0.15) is 5.75 Å². The number of methoxy groups -OCH3 is 1. The van der Waals surface area contributed by atoms with Gasteiger partial charge in [-0.25, -0.2) is 0 Å². The van der Waals surface area contributed by atoms with E-state index in [-0.39, 0.29) is 11.8 Å². The lowest BCUT2D eigenvalue weighted by Crippen LogP contribution is -2.40. The minimum atomic E-state index is -0.0782. The number of benzene rings is 1. The van der Waals surface area contributed by atoms with E-state index < -0.39 is 0 Å². The quantitative estimate of drug-likeness (QED) is 0.756. The molecule has 1 fully saturated rings. The van der Waals surface area contributed by atoms with Crippen molar-refractivity contribution in [2.24, 2.45) is 5.92 Å².